The van der Waals surface area contributed by atoms with Crippen LogP contribution in [0.3, 0.4) is 0 Å². The van der Waals surface area contributed by atoms with Gasteiger partial charge in [0.05, 0.1) is 16.5 Å². The zero-order valence-electron chi connectivity index (χ0n) is 10.4. The average molecular weight is 277 g/mol. The van der Waals surface area contributed by atoms with E-state index in [9.17, 15) is 9.59 Å². The van der Waals surface area contributed by atoms with Crippen molar-refractivity contribution in [2.75, 3.05) is 0 Å². The number of aromatic amines is 1. The van der Waals surface area contributed by atoms with Gasteiger partial charge in [0.2, 0.25) is 5.89 Å². The molecule has 98 valence electrons. The molecular weight excluding hydrogens is 266 g/mol. The van der Waals surface area contributed by atoms with Gasteiger partial charge in [-0.1, -0.05) is 0 Å². The lowest BCUT2D eigenvalue weighted by Crippen LogP contribution is -2.34. The molecule has 19 heavy (non-hydrogen) atoms. The number of H-pyrrole nitrogens is 1. The maximum absolute atomic E-state index is 12.3. The summed E-state index contributed by atoms with van der Waals surface area (Å²) in [5.41, 5.74) is 0.124. The molecule has 3 aromatic rings. The zero-order valence-corrected chi connectivity index (χ0v) is 11.2. The van der Waals surface area contributed by atoms with E-state index in [0.29, 0.717) is 22.7 Å². The SMILES string of the molecule is CCn1c(=O)[nH]c2sc(-c3ncco3)c(C)c2c1=O. The van der Waals surface area contributed by atoms with Gasteiger partial charge in [0.25, 0.3) is 5.56 Å². The summed E-state index contributed by atoms with van der Waals surface area (Å²) in [6, 6.07) is 0. The Kier molecular flexibility index (Phi) is 2.63. The molecule has 0 fully saturated rings. The van der Waals surface area contributed by atoms with Crippen molar-refractivity contribution in [1.82, 2.24) is 14.5 Å². The van der Waals surface area contributed by atoms with E-state index in [-0.39, 0.29) is 11.2 Å². The second-order valence-corrected chi connectivity index (χ2v) is 5.10. The maximum Gasteiger partial charge on any atom is 0.329 e. The van der Waals surface area contributed by atoms with E-state index < -0.39 is 0 Å². The van der Waals surface area contributed by atoms with Crippen molar-refractivity contribution in [1.29, 1.82) is 0 Å². The van der Waals surface area contributed by atoms with Gasteiger partial charge in [-0.25, -0.2) is 9.78 Å². The van der Waals surface area contributed by atoms with E-state index in [4.69, 9.17) is 4.42 Å². The highest BCUT2D eigenvalue weighted by Crippen LogP contribution is 2.34. The molecule has 0 spiro atoms. The van der Waals surface area contributed by atoms with Gasteiger partial charge in [0.15, 0.2) is 0 Å². The second kappa shape index (κ2) is 4.20. The molecule has 0 radical (unpaired) electrons. The quantitative estimate of drug-likeness (QED) is 0.773. The van der Waals surface area contributed by atoms with Crippen LogP contribution in [0.2, 0.25) is 0 Å². The van der Waals surface area contributed by atoms with Gasteiger partial charge in [0.1, 0.15) is 11.1 Å². The Labute approximate surface area is 111 Å². The van der Waals surface area contributed by atoms with Crippen molar-refractivity contribution in [2.45, 2.75) is 20.4 Å². The Hall–Kier alpha value is -2.15. The van der Waals surface area contributed by atoms with Crippen LogP contribution in [-0.4, -0.2) is 14.5 Å². The van der Waals surface area contributed by atoms with E-state index in [2.05, 4.69) is 9.97 Å². The minimum absolute atomic E-state index is 0.271. The number of rotatable bonds is 2. The maximum atomic E-state index is 12.3. The Balaban J connectivity index is 2.43. The summed E-state index contributed by atoms with van der Waals surface area (Å²) >= 11 is 1.30. The predicted octanol–water partition coefficient (Wildman–Crippen LogP) is 1.73. The Morgan fingerprint density at radius 2 is 2.26 bits per heavy atom. The monoisotopic (exact) mass is 277 g/mol. The fourth-order valence-electron chi connectivity index (χ4n) is 2.08. The van der Waals surface area contributed by atoms with Crippen LogP contribution in [0.25, 0.3) is 21.0 Å². The number of hydrogen-bond donors (Lipinski definition) is 1. The molecule has 0 aliphatic heterocycles. The number of fused-ring (bicyclic) bond motifs is 1. The summed E-state index contributed by atoms with van der Waals surface area (Å²) in [5, 5.41) is 0.527. The van der Waals surface area contributed by atoms with Gasteiger partial charge in [-0.3, -0.25) is 14.3 Å². The van der Waals surface area contributed by atoms with Gasteiger partial charge in [0, 0.05) is 6.54 Å². The van der Waals surface area contributed by atoms with Crippen molar-refractivity contribution < 1.29 is 4.42 Å². The van der Waals surface area contributed by atoms with Crippen LogP contribution < -0.4 is 11.2 Å². The highest BCUT2D eigenvalue weighted by atomic mass is 32.1. The number of aryl methyl sites for hydroxylation is 1. The number of nitrogens with zero attached hydrogens (tertiary/aromatic N) is 2. The first-order chi connectivity index (χ1) is 9.13. The fraction of sp³-hybridized carbons (Fsp3) is 0.250. The Morgan fingerprint density at radius 3 is 2.89 bits per heavy atom. The molecule has 7 heteroatoms. The molecule has 6 nitrogen and oxygen atoms in total. The molecule has 0 saturated carbocycles. The summed E-state index contributed by atoms with van der Waals surface area (Å²) in [6.07, 6.45) is 3.03. The third-order valence-electron chi connectivity index (χ3n) is 3.01. The number of nitrogens with one attached hydrogen (secondary N) is 1. The first kappa shape index (κ1) is 11.9. The summed E-state index contributed by atoms with van der Waals surface area (Å²) in [4.78, 5) is 32.2. The molecular formula is C12H11N3O3S. The molecule has 0 atom stereocenters. The van der Waals surface area contributed by atoms with Crippen LogP contribution in [0, 0.1) is 6.92 Å². The number of aromatic nitrogens is 3. The minimum atomic E-state index is -0.389. The second-order valence-electron chi connectivity index (χ2n) is 4.08. The standard InChI is InChI=1S/C12H11N3O3S/c1-3-15-11(16)7-6(2)8(9-13-4-5-18-9)19-10(7)14-12(15)17/h4-5H,3H2,1-2H3,(H,14,17). The van der Waals surface area contributed by atoms with Gasteiger partial charge in [-0.15, -0.1) is 11.3 Å². The topological polar surface area (TPSA) is 80.9 Å². The van der Waals surface area contributed by atoms with Crippen molar-refractivity contribution in [2.24, 2.45) is 0 Å². The van der Waals surface area contributed by atoms with Crippen LogP contribution in [0.15, 0.2) is 26.5 Å². The van der Waals surface area contributed by atoms with Crippen LogP contribution >= 0.6 is 11.3 Å². The molecule has 3 aromatic heterocycles. The Morgan fingerprint density at radius 1 is 1.47 bits per heavy atom. The lowest BCUT2D eigenvalue weighted by Gasteiger charge is -2.00. The van der Waals surface area contributed by atoms with E-state index in [1.165, 1.54) is 22.2 Å². The van der Waals surface area contributed by atoms with E-state index in [0.717, 1.165) is 10.4 Å². The highest BCUT2D eigenvalue weighted by molar-refractivity contribution is 7.22. The molecule has 0 aliphatic rings. The van der Waals surface area contributed by atoms with Crippen LogP contribution in [0.5, 0.6) is 0 Å². The molecule has 0 amide bonds. The lowest BCUT2D eigenvalue weighted by atomic mass is 10.2. The number of thiophene rings is 1. The number of hydrogen-bond acceptors (Lipinski definition) is 5. The van der Waals surface area contributed by atoms with Crippen LogP contribution in [0.4, 0.5) is 0 Å². The van der Waals surface area contributed by atoms with E-state index in [1.54, 1.807) is 13.1 Å². The normalized spacial score (nSPS) is 11.3. The van der Waals surface area contributed by atoms with Crippen molar-refractivity contribution in [3.8, 4) is 10.8 Å². The summed E-state index contributed by atoms with van der Waals surface area (Å²) < 4.78 is 6.44. The van der Waals surface area contributed by atoms with Gasteiger partial charge >= 0.3 is 5.69 Å². The molecule has 0 aromatic carbocycles. The van der Waals surface area contributed by atoms with E-state index in [1.807, 2.05) is 6.92 Å². The van der Waals surface area contributed by atoms with Crippen molar-refractivity contribution >= 4 is 21.6 Å². The first-order valence-corrected chi connectivity index (χ1v) is 6.61. The largest absolute Gasteiger partial charge is 0.444 e. The molecule has 1 N–H and O–H groups in total. The zero-order chi connectivity index (χ0) is 13.6. The third kappa shape index (κ3) is 1.66. The molecule has 0 aliphatic carbocycles. The van der Waals surface area contributed by atoms with Crippen molar-refractivity contribution in [3.63, 3.8) is 0 Å². The summed E-state index contributed by atoms with van der Waals surface area (Å²) in [6.45, 7) is 3.94. The lowest BCUT2D eigenvalue weighted by molar-refractivity contribution is 0.576. The average Bonchev–Trinajstić information content (AvgIpc) is 2.97. The van der Waals surface area contributed by atoms with Gasteiger partial charge in [-0.2, -0.15) is 0 Å². The first-order valence-electron chi connectivity index (χ1n) is 5.79. The molecule has 3 rings (SSSR count). The summed E-state index contributed by atoms with van der Waals surface area (Å²) in [7, 11) is 0. The highest BCUT2D eigenvalue weighted by Gasteiger charge is 2.18. The Bertz CT molecular complexity index is 855. The number of oxazole rings is 1. The van der Waals surface area contributed by atoms with Gasteiger partial charge < -0.3 is 4.42 Å². The van der Waals surface area contributed by atoms with Crippen molar-refractivity contribution in [3.05, 3.63) is 38.9 Å². The van der Waals surface area contributed by atoms with E-state index >= 15 is 0 Å². The molecule has 0 saturated heterocycles. The van der Waals surface area contributed by atoms with Gasteiger partial charge in [-0.05, 0) is 19.4 Å². The molecule has 0 unspecified atom stereocenters. The molecule has 0 bridgehead atoms. The predicted molar refractivity (Wildman–Crippen MR) is 72.6 cm³/mol. The van der Waals surface area contributed by atoms with Crippen LogP contribution in [0.1, 0.15) is 12.5 Å². The smallest absolute Gasteiger partial charge is 0.329 e. The fourth-order valence-corrected chi connectivity index (χ4v) is 3.21. The summed E-state index contributed by atoms with van der Waals surface area (Å²) in [5.74, 6) is 0.460. The molecule has 3 heterocycles. The van der Waals surface area contributed by atoms with Crippen LogP contribution in [-0.2, 0) is 6.54 Å². The minimum Gasteiger partial charge on any atom is -0.444 e. The third-order valence-corrected chi connectivity index (χ3v) is 4.21.